The predicted octanol–water partition coefficient (Wildman–Crippen LogP) is 4.74. The van der Waals surface area contributed by atoms with Crippen LogP contribution in [0.5, 0.6) is 0 Å². The lowest BCUT2D eigenvalue weighted by Gasteiger charge is -2.06. The molecule has 148 valence electrons. The van der Waals surface area contributed by atoms with Gasteiger partial charge in [-0.2, -0.15) is 10.2 Å². The van der Waals surface area contributed by atoms with Crippen molar-refractivity contribution >= 4 is 29.0 Å². The number of H-pyrrole nitrogens is 1. The van der Waals surface area contributed by atoms with Crippen molar-refractivity contribution in [2.24, 2.45) is 5.10 Å². The van der Waals surface area contributed by atoms with Crippen LogP contribution >= 0.6 is 0 Å². The number of benzene rings is 2. The van der Waals surface area contributed by atoms with E-state index >= 15 is 0 Å². The Kier molecular flexibility index (Phi) is 4.52. The highest BCUT2D eigenvalue weighted by Crippen LogP contribution is 2.36. The summed E-state index contributed by atoms with van der Waals surface area (Å²) >= 11 is 0. The van der Waals surface area contributed by atoms with E-state index in [1.54, 1.807) is 18.5 Å². The molecular formula is C24H20N4O2. The highest BCUT2D eigenvalue weighted by atomic mass is 16.3. The van der Waals surface area contributed by atoms with Gasteiger partial charge in [0.25, 0.3) is 5.91 Å². The first-order valence-corrected chi connectivity index (χ1v) is 9.83. The molecule has 30 heavy (non-hydrogen) atoms. The number of hydrogen-bond donors (Lipinski definition) is 2. The van der Waals surface area contributed by atoms with Crippen molar-refractivity contribution in [3.05, 3.63) is 82.9 Å². The number of furan rings is 1. The van der Waals surface area contributed by atoms with E-state index in [2.05, 4.69) is 51.1 Å². The van der Waals surface area contributed by atoms with Crippen LogP contribution in [-0.4, -0.2) is 22.3 Å². The minimum absolute atomic E-state index is 0.346. The third-order valence-electron chi connectivity index (χ3n) is 5.32. The van der Waals surface area contributed by atoms with Gasteiger partial charge in [0.2, 0.25) is 0 Å². The smallest absolute Gasteiger partial charge is 0.289 e. The van der Waals surface area contributed by atoms with Crippen molar-refractivity contribution in [2.75, 3.05) is 0 Å². The zero-order chi connectivity index (χ0) is 20.5. The average molecular weight is 396 g/mol. The third-order valence-corrected chi connectivity index (χ3v) is 5.32. The number of hydrogen-bond acceptors (Lipinski definition) is 4. The molecule has 0 bridgehead atoms. The quantitative estimate of drug-likeness (QED) is 0.377. The number of carbonyl (C=O) groups excluding carboxylic acids is 1. The van der Waals surface area contributed by atoms with Crippen LogP contribution in [0.2, 0.25) is 0 Å². The fourth-order valence-corrected chi connectivity index (χ4v) is 3.93. The molecule has 1 aliphatic carbocycles. The summed E-state index contributed by atoms with van der Waals surface area (Å²) in [5.41, 5.74) is 8.26. The highest BCUT2D eigenvalue weighted by Gasteiger charge is 2.18. The van der Waals surface area contributed by atoms with Crippen molar-refractivity contribution < 1.29 is 9.21 Å². The van der Waals surface area contributed by atoms with E-state index < -0.39 is 0 Å². The molecule has 0 atom stereocenters. The summed E-state index contributed by atoms with van der Waals surface area (Å²) in [6, 6.07) is 16.1. The third kappa shape index (κ3) is 3.33. The Hall–Kier alpha value is -3.93. The molecule has 2 aromatic carbocycles. The minimum atomic E-state index is -0.346. The molecule has 0 fully saturated rings. The van der Waals surface area contributed by atoms with Gasteiger partial charge in [-0.1, -0.05) is 30.3 Å². The number of nitrogens with zero attached hydrogens (tertiary/aromatic N) is 2. The number of allylic oxidation sites excluding steroid dienone is 1. The van der Waals surface area contributed by atoms with E-state index in [0.29, 0.717) is 5.69 Å². The number of amides is 1. The molecule has 0 spiro atoms. The van der Waals surface area contributed by atoms with Crippen LogP contribution in [0.1, 0.15) is 34.3 Å². The molecule has 0 aliphatic heterocycles. The Morgan fingerprint density at radius 2 is 2.03 bits per heavy atom. The number of hydrazone groups is 1. The maximum atomic E-state index is 12.4. The van der Waals surface area contributed by atoms with Gasteiger partial charge in [0.15, 0.2) is 0 Å². The summed E-state index contributed by atoms with van der Waals surface area (Å²) in [6.45, 7) is 1.88. The van der Waals surface area contributed by atoms with Crippen LogP contribution in [-0.2, 0) is 12.8 Å². The molecule has 6 nitrogen and oxygen atoms in total. The summed E-state index contributed by atoms with van der Waals surface area (Å²) in [7, 11) is 0. The second-order valence-electron chi connectivity index (χ2n) is 7.38. The van der Waals surface area contributed by atoms with Gasteiger partial charge < -0.3 is 4.42 Å². The normalized spacial score (nSPS) is 13.4. The largest absolute Gasteiger partial charge is 0.465 e. The molecule has 5 rings (SSSR count). The Labute approximate surface area is 173 Å². The summed E-state index contributed by atoms with van der Waals surface area (Å²) in [6.07, 6.45) is 7.17. The van der Waals surface area contributed by atoms with Crippen molar-refractivity contribution in [3.8, 4) is 11.3 Å². The molecule has 0 unspecified atom stereocenters. The monoisotopic (exact) mass is 396 g/mol. The number of rotatable bonds is 5. The van der Waals surface area contributed by atoms with E-state index in [1.807, 2.05) is 25.1 Å². The fourth-order valence-electron chi connectivity index (χ4n) is 3.93. The van der Waals surface area contributed by atoms with Gasteiger partial charge in [0.05, 0.1) is 18.2 Å². The van der Waals surface area contributed by atoms with E-state index in [9.17, 15) is 4.79 Å². The SMILES string of the molecule is CC(C=NNC(=O)c1cc(-c2ccc3c4c(cccc24)CC3)n[nH]1)=Cc1ccco1. The lowest BCUT2D eigenvalue weighted by molar-refractivity contribution is 0.0950. The van der Waals surface area contributed by atoms with Crippen LogP contribution in [0, 0.1) is 0 Å². The van der Waals surface area contributed by atoms with Crippen LogP contribution in [0.15, 0.2) is 69.9 Å². The van der Waals surface area contributed by atoms with E-state index in [4.69, 9.17) is 4.42 Å². The first-order chi connectivity index (χ1) is 14.7. The lowest BCUT2D eigenvalue weighted by Crippen LogP contribution is -2.17. The second-order valence-corrected chi connectivity index (χ2v) is 7.38. The molecule has 2 heterocycles. The Balaban J connectivity index is 1.34. The summed E-state index contributed by atoms with van der Waals surface area (Å²) in [5, 5.41) is 13.7. The van der Waals surface area contributed by atoms with Crippen LogP contribution in [0.3, 0.4) is 0 Å². The van der Waals surface area contributed by atoms with Crippen molar-refractivity contribution in [3.63, 3.8) is 0 Å². The molecule has 1 aliphatic rings. The highest BCUT2D eigenvalue weighted by molar-refractivity contribution is 6.02. The van der Waals surface area contributed by atoms with E-state index in [1.165, 1.54) is 21.9 Å². The Morgan fingerprint density at radius 3 is 2.87 bits per heavy atom. The number of aromatic nitrogens is 2. The molecular weight excluding hydrogens is 376 g/mol. The minimum Gasteiger partial charge on any atom is -0.465 e. The number of aromatic amines is 1. The average Bonchev–Trinajstić information content (AvgIpc) is 3.50. The Morgan fingerprint density at radius 1 is 1.17 bits per heavy atom. The zero-order valence-corrected chi connectivity index (χ0v) is 16.5. The van der Waals surface area contributed by atoms with Crippen LogP contribution in [0.25, 0.3) is 28.1 Å². The van der Waals surface area contributed by atoms with Gasteiger partial charge in [-0.05, 0) is 71.5 Å². The molecule has 0 saturated heterocycles. The standard InChI is InChI=1S/C24H20N4O2/c1-15(12-18-5-3-11-30-18)14-25-28-24(29)22-13-21(26-27-22)19-10-9-17-8-7-16-4-2-6-20(19)23(16)17/h2-6,9-14H,7-8H2,1H3,(H,26,27)(H,28,29). The summed E-state index contributed by atoms with van der Waals surface area (Å²) in [5.74, 6) is 0.385. The zero-order valence-electron chi connectivity index (χ0n) is 16.5. The van der Waals surface area contributed by atoms with Gasteiger partial charge in [-0.3, -0.25) is 9.89 Å². The Bertz CT molecular complexity index is 1290. The van der Waals surface area contributed by atoms with Crippen molar-refractivity contribution in [1.29, 1.82) is 0 Å². The van der Waals surface area contributed by atoms with Crippen molar-refractivity contribution in [1.82, 2.24) is 15.6 Å². The maximum absolute atomic E-state index is 12.4. The fraction of sp³-hybridized carbons (Fsp3) is 0.125. The van der Waals surface area contributed by atoms with Gasteiger partial charge in [-0.15, -0.1) is 0 Å². The number of nitrogens with one attached hydrogen (secondary N) is 2. The first-order valence-electron chi connectivity index (χ1n) is 9.83. The predicted molar refractivity (Wildman–Crippen MR) is 117 cm³/mol. The van der Waals surface area contributed by atoms with Gasteiger partial charge in [0, 0.05) is 5.56 Å². The van der Waals surface area contributed by atoms with Crippen LogP contribution in [0.4, 0.5) is 0 Å². The van der Waals surface area contributed by atoms with Gasteiger partial charge in [0.1, 0.15) is 11.5 Å². The summed E-state index contributed by atoms with van der Waals surface area (Å²) in [4.78, 5) is 12.4. The molecule has 2 aromatic heterocycles. The topological polar surface area (TPSA) is 83.3 Å². The first kappa shape index (κ1) is 18.1. The number of carbonyl (C=O) groups is 1. The van der Waals surface area contributed by atoms with Gasteiger partial charge >= 0.3 is 0 Å². The molecule has 1 amide bonds. The molecule has 0 saturated carbocycles. The van der Waals surface area contributed by atoms with E-state index in [0.717, 1.165) is 35.4 Å². The van der Waals surface area contributed by atoms with E-state index in [-0.39, 0.29) is 5.91 Å². The van der Waals surface area contributed by atoms with Crippen LogP contribution < -0.4 is 5.43 Å². The number of aryl methyl sites for hydroxylation is 2. The second kappa shape index (κ2) is 7.48. The molecule has 6 heteroatoms. The van der Waals surface area contributed by atoms with Crippen molar-refractivity contribution in [2.45, 2.75) is 19.8 Å². The van der Waals surface area contributed by atoms with Gasteiger partial charge in [-0.25, -0.2) is 5.43 Å². The molecule has 0 radical (unpaired) electrons. The maximum Gasteiger partial charge on any atom is 0.289 e. The summed E-state index contributed by atoms with van der Waals surface area (Å²) < 4.78 is 5.26. The lowest BCUT2D eigenvalue weighted by atomic mass is 9.98. The molecule has 2 N–H and O–H groups in total. The molecule has 4 aromatic rings.